The van der Waals surface area contributed by atoms with Gasteiger partial charge in [-0.05, 0) is 60.8 Å². The van der Waals surface area contributed by atoms with Crippen molar-refractivity contribution in [1.82, 2.24) is 15.0 Å². The van der Waals surface area contributed by atoms with Crippen LogP contribution in [0.25, 0.3) is 10.9 Å². The third kappa shape index (κ3) is 3.39. The van der Waals surface area contributed by atoms with Crippen LogP contribution >= 0.6 is 11.6 Å². The minimum Gasteiger partial charge on any atom is -0.360 e. The average Bonchev–Trinajstić information content (AvgIpc) is 3.30. The van der Waals surface area contributed by atoms with E-state index in [2.05, 4.69) is 21.1 Å². The number of aromatic amines is 1. The predicted octanol–water partition coefficient (Wildman–Crippen LogP) is 2.55. The molecule has 0 aliphatic carbocycles. The second-order valence-corrected chi connectivity index (χ2v) is 9.80. The third-order valence-corrected chi connectivity index (χ3v) is 7.59. The van der Waals surface area contributed by atoms with Crippen LogP contribution in [0.3, 0.4) is 0 Å². The highest BCUT2D eigenvalue weighted by atomic mass is 35.5. The highest BCUT2D eigenvalue weighted by Gasteiger charge is 2.36. The normalized spacial score (nSPS) is 19.4. The second kappa shape index (κ2) is 7.39. The maximum atomic E-state index is 13.0. The fourth-order valence-corrected chi connectivity index (χ4v) is 5.64. The number of aromatic nitrogens is 1. The van der Waals surface area contributed by atoms with E-state index in [1.807, 2.05) is 12.1 Å². The van der Waals surface area contributed by atoms with Crippen LogP contribution < -0.4 is 14.9 Å². The SMILES string of the molecule is O=C1[C@@H](NS(=O)(=O)c2ccc3c(Cl)c[nH]c3c2)CCN1c1ccc2c(c1)CNCC2. The molecule has 3 N–H and O–H groups in total. The molecule has 30 heavy (non-hydrogen) atoms. The molecule has 1 atom stereocenters. The molecule has 1 aromatic heterocycles. The highest BCUT2D eigenvalue weighted by molar-refractivity contribution is 7.89. The van der Waals surface area contributed by atoms with E-state index in [0.717, 1.165) is 30.6 Å². The Balaban J connectivity index is 1.35. The van der Waals surface area contributed by atoms with Crippen molar-refractivity contribution in [1.29, 1.82) is 0 Å². The number of sulfonamides is 1. The van der Waals surface area contributed by atoms with E-state index >= 15 is 0 Å². The van der Waals surface area contributed by atoms with Gasteiger partial charge in [0.25, 0.3) is 0 Å². The maximum Gasteiger partial charge on any atom is 0.245 e. The summed E-state index contributed by atoms with van der Waals surface area (Å²) in [5, 5.41) is 4.62. The second-order valence-electron chi connectivity index (χ2n) is 7.68. The van der Waals surface area contributed by atoms with Gasteiger partial charge in [0.2, 0.25) is 15.9 Å². The summed E-state index contributed by atoms with van der Waals surface area (Å²) in [7, 11) is -3.85. The van der Waals surface area contributed by atoms with Crippen LogP contribution in [0, 0.1) is 0 Å². The Kier molecular flexibility index (Phi) is 4.82. The van der Waals surface area contributed by atoms with Crippen LogP contribution in [0.4, 0.5) is 5.69 Å². The summed E-state index contributed by atoms with van der Waals surface area (Å²) in [6.07, 6.45) is 3.01. The van der Waals surface area contributed by atoms with E-state index in [1.165, 1.54) is 23.3 Å². The molecule has 1 fully saturated rings. The Morgan fingerprint density at radius 3 is 2.87 bits per heavy atom. The molecule has 3 aromatic rings. The lowest BCUT2D eigenvalue weighted by Gasteiger charge is -2.22. The van der Waals surface area contributed by atoms with Gasteiger partial charge >= 0.3 is 0 Å². The van der Waals surface area contributed by atoms with Gasteiger partial charge < -0.3 is 15.2 Å². The lowest BCUT2D eigenvalue weighted by Crippen LogP contribution is -2.41. The topological polar surface area (TPSA) is 94.3 Å². The Morgan fingerprint density at radius 2 is 2.00 bits per heavy atom. The molecule has 9 heteroatoms. The molecule has 5 rings (SSSR count). The summed E-state index contributed by atoms with van der Waals surface area (Å²) in [4.78, 5) is 17.7. The standard InChI is InChI=1S/C21H21ClN4O3S/c22-18-12-24-20-10-16(3-4-17(18)20)30(28,29)25-19-6-8-26(21(19)27)15-2-1-13-5-7-23-11-14(13)9-15/h1-4,9-10,12,19,23-25H,5-8,11H2/t19-/m0/s1. The maximum absolute atomic E-state index is 13.0. The summed E-state index contributed by atoms with van der Waals surface area (Å²) in [5.41, 5.74) is 3.92. The number of carbonyl (C=O) groups excluding carboxylic acids is 1. The van der Waals surface area contributed by atoms with Gasteiger partial charge in [0.05, 0.1) is 9.92 Å². The molecule has 2 aliphatic heterocycles. The number of hydrogen-bond donors (Lipinski definition) is 3. The molecule has 2 aliphatic rings. The minimum atomic E-state index is -3.85. The van der Waals surface area contributed by atoms with Crippen molar-refractivity contribution in [3.63, 3.8) is 0 Å². The molecule has 0 unspecified atom stereocenters. The lowest BCUT2D eigenvalue weighted by molar-refractivity contribution is -0.118. The number of H-pyrrole nitrogens is 1. The van der Waals surface area contributed by atoms with Crippen molar-refractivity contribution >= 4 is 44.1 Å². The largest absolute Gasteiger partial charge is 0.360 e. The van der Waals surface area contributed by atoms with Gasteiger partial charge in [0.15, 0.2) is 0 Å². The minimum absolute atomic E-state index is 0.0969. The van der Waals surface area contributed by atoms with Crippen molar-refractivity contribution in [2.24, 2.45) is 0 Å². The van der Waals surface area contributed by atoms with Crippen LogP contribution in [-0.4, -0.2) is 38.4 Å². The van der Waals surface area contributed by atoms with Crippen molar-refractivity contribution in [2.45, 2.75) is 30.3 Å². The average molecular weight is 445 g/mol. The quantitative estimate of drug-likeness (QED) is 0.576. The molecular formula is C21H21ClN4O3S. The molecule has 1 saturated heterocycles. The number of nitrogens with one attached hydrogen (secondary N) is 3. The van der Waals surface area contributed by atoms with E-state index in [1.54, 1.807) is 17.2 Å². The van der Waals surface area contributed by atoms with Gasteiger partial charge in [0, 0.05) is 35.9 Å². The van der Waals surface area contributed by atoms with Gasteiger partial charge in [-0.15, -0.1) is 0 Å². The van der Waals surface area contributed by atoms with E-state index in [4.69, 9.17) is 11.6 Å². The summed E-state index contributed by atoms with van der Waals surface area (Å²) >= 11 is 6.06. The number of anilines is 1. The Bertz CT molecular complexity index is 1250. The van der Waals surface area contributed by atoms with Crippen LogP contribution in [0.1, 0.15) is 17.5 Å². The van der Waals surface area contributed by atoms with Gasteiger partial charge in [-0.2, -0.15) is 4.72 Å². The first-order chi connectivity index (χ1) is 14.4. The monoisotopic (exact) mass is 444 g/mol. The van der Waals surface area contributed by atoms with Crippen molar-refractivity contribution in [3.05, 3.63) is 58.7 Å². The van der Waals surface area contributed by atoms with Crippen molar-refractivity contribution in [3.8, 4) is 0 Å². The van der Waals surface area contributed by atoms with Crippen LogP contribution in [0.15, 0.2) is 47.5 Å². The number of amides is 1. The molecule has 156 valence electrons. The Morgan fingerprint density at radius 1 is 1.13 bits per heavy atom. The van der Waals surface area contributed by atoms with Gasteiger partial charge in [-0.3, -0.25) is 4.79 Å². The zero-order chi connectivity index (χ0) is 20.9. The fraction of sp³-hybridized carbons (Fsp3) is 0.286. The summed E-state index contributed by atoms with van der Waals surface area (Å²) in [5.74, 6) is -0.230. The first-order valence-corrected chi connectivity index (χ1v) is 11.7. The molecule has 7 nitrogen and oxygen atoms in total. The first-order valence-electron chi connectivity index (χ1n) is 9.85. The Hall–Kier alpha value is -2.39. The molecular weight excluding hydrogens is 424 g/mol. The predicted molar refractivity (Wildman–Crippen MR) is 116 cm³/mol. The zero-order valence-corrected chi connectivity index (χ0v) is 17.7. The third-order valence-electron chi connectivity index (χ3n) is 5.80. The number of carbonyl (C=O) groups is 1. The van der Waals surface area contributed by atoms with Crippen molar-refractivity contribution < 1.29 is 13.2 Å². The Labute approximate surface area is 179 Å². The molecule has 0 bridgehead atoms. The number of halogens is 1. The summed E-state index contributed by atoms with van der Waals surface area (Å²) in [6, 6.07) is 9.93. The van der Waals surface area contributed by atoms with Crippen LogP contribution in [0.2, 0.25) is 5.02 Å². The van der Waals surface area contributed by atoms with Crippen LogP contribution in [-0.2, 0) is 27.8 Å². The zero-order valence-electron chi connectivity index (χ0n) is 16.1. The van der Waals surface area contributed by atoms with Gasteiger partial charge in [-0.1, -0.05) is 17.7 Å². The first kappa shape index (κ1) is 19.6. The van der Waals surface area contributed by atoms with Crippen molar-refractivity contribution in [2.75, 3.05) is 18.0 Å². The molecule has 3 heterocycles. The lowest BCUT2D eigenvalue weighted by atomic mass is 10.0. The number of rotatable bonds is 4. The van der Waals surface area contributed by atoms with E-state index < -0.39 is 16.1 Å². The van der Waals surface area contributed by atoms with E-state index in [9.17, 15) is 13.2 Å². The van der Waals surface area contributed by atoms with Gasteiger partial charge in [0.1, 0.15) is 6.04 Å². The molecule has 0 spiro atoms. The number of nitrogens with zero attached hydrogens (tertiary/aromatic N) is 1. The van der Waals surface area contributed by atoms with E-state index in [-0.39, 0.29) is 10.8 Å². The smallest absolute Gasteiger partial charge is 0.245 e. The molecule has 0 radical (unpaired) electrons. The number of hydrogen-bond acceptors (Lipinski definition) is 4. The van der Waals surface area contributed by atoms with E-state index in [0.29, 0.717) is 23.5 Å². The fourth-order valence-electron chi connectivity index (χ4n) is 4.17. The highest BCUT2D eigenvalue weighted by Crippen LogP contribution is 2.28. The molecule has 1 amide bonds. The number of benzene rings is 2. The molecule has 0 saturated carbocycles. The van der Waals surface area contributed by atoms with Gasteiger partial charge in [-0.25, -0.2) is 8.42 Å². The molecule has 2 aromatic carbocycles. The number of fused-ring (bicyclic) bond motifs is 2. The summed E-state index contributed by atoms with van der Waals surface area (Å²) < 4.78 is 28.3. The van der Waals surface area contributed by atoms with Crippen LogP contribution in [0.5, 0.6) is 0 Å². The summed E-state index contributed by atoms with van der Waals surface area (Å²) in [6.45, 7) is 2.22.